The molecule has 0 spiro atoms. The number of hydrogen-bond acceptors (Lipinski definition) is 4. The number of fused-ring (bicyclic) bond motifs is 3. The molecular formula is C30H36N4O2. The Morgan fingerprint density at radius 1 is 0.917 bits per heavy atom. The van der Waals surface area contributed by atoms with Crippen LogP contribution in [0, 0.1) is 6.92 Å². The fourth-order valence-electron chi connectivity index (χ4n) is 5.91. The molecule has 6 nitrogen and oxygen atoms in total. The van der Waals surface area contributed by atoms with Gasteiger partial charge in [-0.1, -0.05) is 48.5 Å². The second-order valence-electron chi connectivity index (χ2n) is 10.6. The summed E-state index contributed by atoms with van der Waals surface area (Å²) in [6.07, 6.45) is 4.35. The van der Waals surface area contributed by atoms with E-state index in [-0.39, 0.29) is 29.6 Å². The average Bonchev–Trinajstić information content (AvgIpc) is 3.01. The van der Waals surface area contributed by atoms with Crippen molar-refractivity contribution in [3.8, 4) is 0 Å². The summed E-state index contributed by atoms with van der Waals surface area (Å²) in [5.74, 6) is -0.0737. The van der Waals surface area contributed by atoms with Crippen LogP contribution in [0.1, 0.15) is 64.6 Å². The van der Waals surface area contributed by atoms with Gasteiger partial charge < -0.3 is 9.80 Å². The second-order valence-corrected chi connectivity index (χ2v) is 10.6. The van der Waals surface area contributed by atoms with Crippen molar-refractivity contribution < 1.29 is 4.79 Å². The topological polar surface area (TPSA) is 48.8 Å². The lowest BCUT2D eigenvalue weighted by Gasteiger charge is -2.52. The van der Waals surface area contributed by atoms with Crippen LogP contribution in [0.25, 0.3) is 0 Å². The van der Waals surface area contributed by atoms with Gasteiger partial charge in [-0.3, -0.25) is 19.3 Å². The maximum absolute atomic E-state index is 14.0. The minimum atomic E-state index is -0.182. The Kier molecular flexibility index (Phi) is 6.47. The molecule has 2 aliphatic rings. The van der Waals surface area contributed by atoms with Crippen LogP contribution in [0.4, 0.5) is 0 Å². The number of hydrogen-bond donors (Lipinski definition) is 0. The fourth-order valence-corrected chi connectivity index (χ4v) is 5.91. The number of pyridine rings is 1. The summed E-state index contributed by atoms with van der Waals surface area (Å²) < 4.78 is 1.99. The molecule has 1 unspecified atom stereocenters. The molecule has 1 aromatic heterocycles. The van der Waals surface area contributed by atoms with E-state index in [1.807, 2.05) is 9.58 Å². The highest BCUT2D eigenvalue weighted by Crippen LogP contribution is 2.40. The first-order valence-electron chi connectivity index (χ1n) is 12.9. The zero-order valence-corrected chi connectivity index (χ0v) is 21.9. The SMILES string of the molecule is Cc1c2n(ccc1=O)N(C1c3ccccc3CCc3ccccc31)C(CCN(C)C)N(C(C)C)C2=O. The van der Waals surface area contributed by atoms with E-state index in [2.05, 4.69) is 86.4 Å². The molecule has 0 saturated heterocycles. The number of aromatic nitrogens is 1. The van der Waals surface area contributed by atoms with Crippen LogP contribution in [0.3, 0.4) is 0 Å². The zero-order chi connectivity index (χ0) is 25.6. The van der Waals surface area contributed by atoms with Gasteiger partial charge in [0.25, 0.3) is 5.91 Å². The summed E-state index contributed by atoms with van der Waals surface area (Å²) in [6.45, 7) is 6.75. The van der Waals surface area contributed by atoms with E-state index in [1.165, 1.54) is 22.3 Å². The number of rotatable bonds is 5. The van der Waals surface area contributed by atoms with Crippen molar-refractivity contribution in [2.75, 3.05) is 25.6 Å². The Morgan fingerprint density at radius 2 is 1.50 bits per heavy atom. The molecule has 36 heavy (non-hydrogen) atoms. The maximum Gasteiger partial charge on any atom is 0.274 e. The lowest BCUT2D eigenvalue weighted by Crippen LogP contribution is -2.64. The summed E-state index contributed by atoms with van der Waals surface area (Å²) in [4.78, 5) is 30.9. The summed E-state index contributed by atoms with van der Waals surface area (Å²) in [7, 11) is 4.14. The predicted molar refractivity (Wildman–Crippen MR) is 144 cm³/mol. The number of amides is 1. The largest absolute Gasteiger partial charge is 0.313 e. The smallest absolute Gasteiger partial charge is 0.274 e. The first-order valence-corrected chi connectivity index (χ1v) is 12.9. The minimum Gasteiger partial charge on any atom is -0.313 e. The molecule has 3 aromatic rings. The zero-order valence-electron chi connectivity index (χ0n) is 21.9. The lowest BCUT2D eigenvalue weighted by molar-refractivity contribution is 0.0440. The molecule has 188 valence electrons. The average molecular weight is 485 g/mol. The van der Waals surface area contributed by atoms with Gasteiger partial charge >= 0.3 is 0 Å². The molecule has 0 radical (unpaired) electrons. The van der Waals surface area contributed by atoms with Crippen molar-refractivity contribution >= 4 is 5.91 Å². The van der Waals surface area contributed by atoms with Gasteiger partial charge in [-0.15, -0.1) is 0 Å². The van der Waals surface area contributed by atoms with Crippen LogP contribution < -0.4 is 10.4 Å². The predicted octanol–water partition coefficient (Wildman–Crippen LogP) is 4.12. The molecule has 2 heterocycles. The van der Waals surface area contributed by atoms with Gasteiger partial charge in [0.2, 0.25) is 0 Å². The summed E-state index contributed by atoms with van der Waals surface area (Å²) in [5, 5.41) is 2.37. The highest BCUT2D eigenvalue weighted by atomic mass is 16.2. The Labute approximate surface area is 213 Å². The molecule has 2 aromatic carbocycles. The van der Waals surface area contributed by atoms with E-state index in [0.717, 1.165) is 25.8 Å². The first-order chi connectivity index (χ1) is 17.3. The van der Waals surface area contributed by atoms with Gasteiger partial charge in [0.15, 0.2) is 5.43 Å². The van der Waals surface area contributed by atoms with Crippen LogP contribution in [0.2, 0.25) is 0 Å². The minimum absolute atomic E-state index is 0.0214. The highest BCUT2D eigenvalue weighted by molar-refractivity contribution is 5.95. The Morgan fingerprint density at radius 3 is 2.06 bits per heavy atom. The molecule has 1 atom stereocenters. The third kappa shape index (κ3) is 4.03. The third-order valence-corrected chi connectivity index (χ3v) is 7.65. The quantitative estimate of drug-likeness (QED) is 0.547. The number of carbonyl (C=O) groups is 1. The summed E-state index contributed by atoms with van der Waals surface area (Å²) >= 11 is 0. The van der Waals surface area contributed by atoms with Gasteiger partial charge in [-0.2, -0.15) is 0 Å². The molecule has 5 rings (SSSR count). The molecule has 0 fully saturated rings. The molecule has 1 aliphatic heterocycles. The van der Waals surface area contributed by atoms with Gasteiger partial charge in [-0.25, -0.2) is 0 Å². The standard InChI is InChI=1S/C30H36N4O2/c1-20(2)33-27(17-18-31(4)5)34(32-19-16-26(35)21(3)28(32)30(33)36)29-24-12-8-6-10-22(24)14-15-23-11-7-9-13-25(23)29/h6-13,16,19-20,27,29H,14-15,17-18H2,1-5H3. The van der Waals surface area contributed by atoms with Gasteiger partial charge in [-0.05, 0) is 70.0 Å². The number of carbonyl (C=O) groups excluding carboxylic acids is 1. The third-order valence-electron chi connectivity index (χ3n) is 7.65. The van der Waals surface area contributed by atoms with Crippen molar-refractivity contribution in [2.24, 2.45) is 0 Å². The maximum atomic E-state index is 14.0. The van der Waals surface area contributed by atoms with Crippen LogP contribution in [-0.4, -0.2) is 53.2 Å². The van der Waals surface area contributed by atoms with E-state index < -0.39 is 0 Å². The van der Waals surface area contributed by atoms with E-state index in [0.29, 0.717) is 11.3 Å². The van der Waals surface area contributed by atoms with E-state index in [1.54, 1.807) is 19.2 Å². The molecule has 0 saturated carbocycles. The number of benzene rings is 2. The van der Waals surface area contributed by atoms with Crippen LogP contribution in [-0.2, 0) is 12.8 Å². The van der Waals surface area contributed by atoms with E-state index >= 15 is 0 Å². The van der Waals surface area contributed by atoms with Crippen molar-refractivity contribution in [3.63, 3.8) is 0 Å². The van der Waals surface area contributed by atoms with Crippen molar-refractivity contribution in [2.45, 2.75) is 58.3 Å². The van der Waals surface area contributed by atoms with Crippen molar-refractivity contribution in [1.29, 1.82) is 0 Å². The number of aryl methyl sites for hydroxylation is 2. The number of nitrogens with zero attached hydrogens (tertiary/aromatic N) is 4. The van der Waals surface area contributed by atoms with E-state index in [9.17, 15) is 9.59 Å². The molecule has 1 aliphatic carbocycles. The van der Waals surface area contributed by atoms with Crippen LogP contribution >= 0.6 is 0 Å². The fraction of sp³-hybridized carbons (Fsp3) is 0.400. The Bertz CT molecular complexity index is 1300. The summed E-state index contributed by atoms with van der Waals surface area (Å²) in [6, 6.07) is 18.9. The molecule has 0 bridgehead atoms. The molecule has 6 heteroatoms. The Balaban J connectivity index is 1.83. The van der Waals surface area contributed by atoms with Crippen LogP contribution in [0.15, 0.2) is 65.6 Å². The first kappa shape index (κ1) is 24.3. The monoisotopic (exact) mass is 484 g/mol. The second kappa shape index (κ2) is 9.58. The summed E-state index contributed by atoms with van der Waals surface area (Å²) in [5.41, 5.74) is 6.05. The highest BCUT2D eigenvalue weighted by Gasteiger charge is 2.44. The van der Waals surface area contributed by atoms with E-state index in [4.69, 9.17) is 0 Å². The lowest BCUT2D eigenvalue weighted by atomic mass is 9.92. The van der Waals surface area contributed by atoms with Crippen LogP contribution in [0.5, 0.6) is 0 Å². The van der Waals surface area contributed by atoms with Crippen molar-refractivity contribution in [1.82, 2.24) is 14.5 Å². The molecule has 0 N–H and O–H groups in total. The van der Waals surface area contributed by atoms with Gasteiger partial charge in [0.05, 0.1) is 6.04 Å². The molecular weight excluding hydrogens is 448 g/mol. The Hall–Kier alpha value is -3.38. The van der Waals surface area contributed by atoms with Gasteiger partial charge in [0, 0.05) is 36.8 Å². The molecule has 1 amide bonds. The normalized spacial score (nSPS) is 17.8. The van der Waals surface area contributed by atoms with Gasteiger partial charge in [0.1, 0.15) is 11.9 Å². The van der Waals surface area contributed by atoms with Crippen molar-refractivity contribution in [3.05, 3.63) is 105 Å².